The quantitative estimate of drug-likeness (QED) is 0.185. The van der Waals surface area contributed by atoms with Crippen LogP contribution in [-0.4, -0.2) is 35.5 Å². The molecule has 282 valence electrons. The molecule has 6 nitrogen and oxygen atoms in total. The third-order valence-corrected chi connectivity index (χ3v) is 16.2. The Bertz CT molecular complexity index is 1590. The van der Waals surface area contributed by atoms with E-state index in [2.05, 4.69) is 59.8 Å². The number of carboxylic acids is 1. The van der Waals surface area contributed by atoms with Gasteiger partial charge in [-0.05, 0) is 141 Å². The largest absolute Gasteiger partial charge is 0.481 e. The van der Waals surface area contributed by atoms with E-state index in [4.69, 9.17) is 16.3 Å². The molecule has 0 heterocycles. The highest BCUT2D eigenvalue weighted by atomic mass is 35.5. The van der Waals surface area contributed by atoms with Crippen LogP contribution >= 0.6 is 11.6 Å². The number of hydrogen-bond acceptors (Lipinski definition) is 5. The van der Waals surface area contributed by atoms with Crippen molar-refractivity contribution >= 4 is 29.3 Å². The van der Waals surface area contributed by atoms with Crippen LogP contribution < -0.4 is 5.32 Å². The second-order valence-electron chi connectivity index (χ2n) is 19.7. The Morgan fingerprint density at radius 2 is 1.71 bits per heavy atom. The van der Waals surface area contributed by atoms with Crippen molar-refractivity contribution in [1.82, 2.24) is 5.32 Å². The van der Waals surface area contributed by atoms with Gasteiger partial charge in [0.15, 0.2) is 5.78 Å². The van der Waals surface area contributed by atoms with Crippen LogP contribution in [0.15, 0.2) is 35.4 Å². The summed E-state index contributed by atoms with van der Waals surface area (Å²) in [4.78, 5) is 38.8. The van der Waals surface area contributed by atoms with E-state index in [1.165, 1.54) is 17.6 Å². The lowest BCUT2D eigenvalue weighted by atomic mass is 9.33. The number of rotatable bonds is 10. The molecule has 0 amide bonds. The standard InChI is InChI=1S/C44H64ClNO5/c1-27(2)36-31(47)24-44(21-22-46-26-28-11-10-12-29(45)23-28)20-19-42(8)30(37(36)44)13-14-33-41(7)17-16-34(51-35(48)25-39(3,4)38(49)50)40(5,6)32(41)15-18-43(33,42)9/h10-12,23,27,30,32-34,46H,13-22,24-26H2,1-9H3,(H,49,50)/t30-,32+,33-,34+,41+,42-,43-,44-/m1/s1. The predicted molar refractivity (Wildman–Crippen MR) is 203 cm³/mol. The first kappa shape index (κ1) is 38.5. The highest BCUT2D eigenvalue weighted by molar-refractivity contribution is 6.30. The van der Waals surface area contributed by atoms with Gasteiger partial charge in [-0.15, -0.1) is 0 Å². The molecule has 1 aromatic carbocycles. The van der Waals surface area contributed by atoms with Gasteiger partial charge in [0.2, 0.25) is 0 Å². The Balaban J connectivity index is 1.24. The molecular formula is C44H64ClNO5. The maximum absolute atomic E-state index is 14.0. The minimum absolute atomic E-state index is 0.0500. The number of hydrogen-bond donors (Lipinski definition) is 2. The van der Waals surface area contributed by atoms with Crippen molar-refractivity contribution in [2.75, 3.05) is 6.54 Å². The van der Waals surface area contributed by atoms with Gasteiger partial charge in [-0.1, -0.05) is 77.8 Å². The maximum Gasteiger partial charge on any atom is 0.309 e. The minimum Gasteiger partial charge on any atom is -0.481 e. The van der Waals surface area contributed by atoms with Gasteiger partial charge < -0.3 is 15.2 Å². The number of carbonyl (C=O) groups is 3. The molecule has 7 heteroatoms. The van der Waals surface area contributed by atoms with Crippen LogP contribution in [0.1, 0.15) is 139 Å². The second kappa shape index (κ2) is 13.3. The van der Waals surface area contributed by atoms with E-state index in [9.17, 15) is 19.5 Å². The summed E-state index contributed by atoms with van der Waals surface area (Å²) in [6.07, 6.45) is 9.95. The van der Waals surface area contributed by atoms with Crippen LogP contribution in [0.4, 0.5) is 0 Å². The number of benzene rings is 1. The molecule has 0 spiro atoms. The Hall–Kier alpha value is -2.18. The van der Waals surface area contributed by atoms with Crippen molar-refractivity contribution in [3.63, 3.8) is 0 Å². The molecule has 0 unspecified atom stereocenters. The van der Waals surface area contributed by atoms with E-state index in [0.717, 1.165) is 75.1 Å². The van der Waals surface area contributed by atoms with Crippen LogP contribution in [0, 0.1) is 56.2 Å². The molecule has 8 atom stereocenters. The van der Waals surface area contributed by atoms with Crippen LogP contribution in [0.5, 0.6) is 0 Å². The smallest absolute Gasteiger partial charge is 0.309 e. The van der Waals surface area contributed by atoms with E-state index >= 15 is 0 Å². The molecule has 0 bridgehead atoms. The average Bonchev–Trinajstić information content (AvgIpc) is 3.33. The number of carboxylic acid groups (broad SMARTS) is 1. The molecular weight excluding hydrogens is 658 g/mol. The van der Waals surface area contributed by atoms with Crippen molar-refractivity contribution < 1.29 is 24.2 Å². The number of esters is 1. The van der Waals surface area contributed by atoms with Crippen molar-refractivity contribution in [3.05, 3.63) is 46.0 Å². The first-order valence-electron chi connectivity index (χ1n) is 19.9. The molecule has 51 heavy (non-hydrogen) atoms. The lowest BCUT2D eigenvalue weighted by Gasteiger charge is -2.72. The molecule has 5 aliphatic carbocycles. The van der Waals surface area contributed by atoms with Gasteiger partial charge in [-0.3, -0.25) is 14.4 Å². The fourth-order valence-corrected chi connectivity index (χ4v) is 13.3. The lowest BCUT2D eigenvalue weighted by Crippen LogP contribution is -2.65. The van der Waals surface area contributed by atoms with Gasteiger partial charge in [-0.25, -0.2) is 0 Å². The number of ether oxygens (including phenoxy) is 1. The minimum atomic E-state index is -1.15. The van der Waals surface area contributed by atoms with Gasteiger partial charge in [0.1, 0.15) is 6.10 Å². The van der Waals surface area contributed by atoms with Crippen LogP contribution in [0.3, 0.4) is 0 Å². The highest BCUT2D eigenvalue weighted by Crippen LogP contribution is 2.77. The number of nitrogens with one attached hydrogen (secondary N) is 1. The van der Waals surface area contributed by atoms with E-state index < -0.39 is 17.4 Å². The Morgan fingerprint density at radius 3 is 2.37 bits per heavy atom. The van der Waals surface area contributed by atoms with Crippen molar-refractivity contribution in [3.8, 4) is 0 Å². The number of halogens is 1. The molecule has 4 saturated carbocycles. The van der Waals surface area contributed by atoms with E-state index in [1.807, 2.05) is 18.2 Å². The summed E-state index contributed by atoms with van der Waals surface area (Å²) in [6.45, 7) is 21.7. The van der Waals surface area contributed by atoms with Crippen LogP contribution in [-0.2, 0) is 25.7 Å². The van der Waals surface area contributed by atoms with Crippen LogP contribution in [0.2, 0.25) is 5.02 Å². The van der Waals surface area contributed by atoms with Crippen molar-refractivity contribution in [1.29, 1.82) is 0 Å². The molecule has 5 aliphatic rings. The van der Waals surface area contributed by atoms with Gasteiger partial charge in [0.25, 0.3) is 0 Å². The zero-order valence-corrected chi connectivity index (χ0v) is 33.6. The van der Waals surface area contributed by atoms with Crippen molar-refractivity contribution in [2.45, 2.75) is 146 Å². The average molecular weight is 722 g/mol. The molecule has 2 N–H and O–H groups in total. The molecule has 0 radical (unpaired) electrons. The summed E-state index contributed by atoms with van der Waals surface area (Å²) in [7, 11) is 0. The number of aliphatic carboxylic acids is 1. The SMILES string of the molecule is CC(C)C1=C2[C@H]3CC[C@@H]4[C@@]5(C)CC[C@H](OC(=O)CC(C)(C)C(=O)O)C(C)(C)[C@@H]5CC[C@@]4(C)[C@]3(C)CC[C@@]2(CCNCc2cccc(Cl)c2)CC1=O. The molecule has 6 rings (SSSR count). The molecule has 0 saturated heterocycles. The third kappa shape index (κ3) is 6.24. The Morgan fingerprint density at radius 1 is 0.980 bits per heavy atom. The zero-order chi connectivity index (χ0) is 37.4. The highest BCUT2D eigenvalue weighted by Gasteiger charge is 2.70. The summed E-state index contributed by atoms with van der Waals surface area (Å²) in [6, 6.07) is 8.05. The summed E-state index contributed by atoms with van der Waals surface area (Å²) in [5, 5.41) is 14.1. The normalized spacial score (nSPS) is 37.4. The first-order chi connectivity index (χ1) is 23.7. The summed E-state index contributed by atoms with van der Waals surface area (Å²) < 4.78 is 6.18. The second-order valence-corrected chi connectivity index (χ2v) is 20.2. The Kier molecular flexibility index (Phi) is 10.0. The topological polar surface area (TPSA) is 92.7 Å². The monoisotopic (exact) mass is 721 g/mol. The van der Waals surface area contributed by atoms with E-state index in [0.29, 0.717) is 30.0 Å². The summed E-state index contributed by atoms with van der Waals surface area (Å²) in [5.74, 6) is 0.635. The maximum atomic E-state index is 14.0. The number of Topliss-reactive ketones (excluding diaryl/α,β-unsaturated/α-hetero) is 1. The van der Waals surface area contributed by atoms with Crippen LogP contribution in [0.25, 0.3) is 0 Å². The molecule has 0 aliphatic heterocycles. The Labute approximate surface area is 312 Å². The number of ketones is 1. The summed E-state index contributed by atoms with van der Waals surface area (Å²) >= 11 is 6.26. The molecule has 1 aromatic rings. The number of carbonyl (C=O) groups excluding carboxylic acids is 2. The first-order valence-corrected chi connectivity index (χ1v) is 20.3. The van der Waals surface area contributed by atoms with Crippen molar-refractivity contribution in [2.24, 2.45) is 56.2 Å². The zero-order valence-electron chi connectivity index (χ0n) is 32.8. The fraction of sp³-hybridized carbons (Fsp3) is 0.750. The fourth-order valence-electron chi connectivity index (χ4n) is 13.1. The van der Waals surface area contributed by atoms with E-state index in [-0.39, 0.29) is 45.5 Å². The van der Waals surface area contributed by atoms with Gasteiger partial charge in [-0.2, -0.15) is 0 Å². The number of allylic oxidation sites excluding steroid dienone is 2. The van der Waals surface area contributed by atoms with Gasteiger partial charge in [0, 0.05) is 28.8 Å². The summed E-state index contributed by atoms with van der Waals surface area (Å²) in [5.41, 5.74) is 2.83. The van der Waals surface area contributed by atoms with E-state index in [1.54, 1.807) is 13.8 Å². The van der Waals surface area contributed by atoms with Gasteiger partial charge >= 0.3 is 11.9 Å². The molecule has 4 fully saturated rings. The third-order valence-electron chi connectivity index (χ3n) is 16.0. The number of fused-ring (bicyclic) bond motifs is 7. The molecule has 0 aromatic heterocycles. The predicted octanol–water partition coefficient (Wildman–Crippen LogP) is 10.2. The van der Waals surface area contributed by atoms with Gasteiger partial charge in [0.05, 0.1) is 11.8 Å². The lowest BCUT2D eigenvalue weighted by molar-refractivity contribution is -0.233.